The van der Waals surface area contributed by atoms with E-state index in [9.17, 15) is 4.79 Å². The highest BCUT2D eigenvalue weighted by atomic mass is 35.5. The third-order valence-corrected chi connectivity index (χ3v) is 6.91. The van der Waals surface area contributed by atoms with Crippen molar-refractivity contribution in [3.8, 4) is 11.5 Å². The highest BCUT2D eigenvalue weighted by Crippen LogP contribution is 2.25. The summed E-state index contributed by atoms with van der Waals surface area (Å²) in [5.74, 6) is 1.16. The first-order valence-electron chi connectivity index (χ1n) is 12.1. The molecule has 2 atom stereocenters. The van der Waals surface area contributed by atoms with Crippen molar-refractivity contribution in [3.63, 3.8) is 0 Å². The van der Waals surface area contributed by atoms with Crippen LogP contribution in [0.15, 0.2) is 78.9 Å². The van der Waals surface area contributed by atoms with Crippen LogP contribution in [0.4, 0.5) is 5.69 Å². The van der Waals surface area contributed by atoms with Gasteiger partial charge in [0.15, 0.2) is 0 Å². The van der Waals surface area contributed by atoms with Crippen molar-refractivity contribution in [2.75, 3.05) is 44.2 Å². The minimum absolute atomic E-state index is 0.137. The van der Waals surface area contributed by atoms with Crippen molar-refractivity contribution in [2.24, 2.45) is 0 Å². The van der Waals surface area contributed by atoms with Crippen LogP contribution in [0.25, 0.3) is 0 Å². The number of para-hydroxylation sites is 1. The third kappa shape index (κ3) is 5.96. The Morgan fingerprint density at radius 1 is 0.886 bits per heavy atom. The summed E-state index contributed by atoms with van der Waals surface area (Å²) in [6, 6.07) is 24.9. The quantitative estimate of drug-likeness (QED) is 0.498. The molecule has 0 aromatic heterocycles. The van der Waals surface area contributed by atoms with E-state index in [4.69, 9.17) is 21.1 Å². The number of halogens is 1. The average molecular weight is 492 g/mol. The molecule has 0 radical (unpaired) electrons. The number of hydrogen-bond donors (Lipinski definition) is 1. The van der Waals surface area contributed by atoms with E-state index in [1.807, 2.05) is 48.5 Å². The predicted molar refractivity (Wildman–Crippen MR) is 139 cm³/mol. The monoisotopic (exact) mass is 491 g/mol. The van der Waals surface area contributed by atoms with Gasteiger partial charge in [0.1, 0.15) is 17.6 Å². The average Bonchev–Trinajstić information content (AvgIpc) is 2.90. The number of hydrogen-bond acceptors (Lipinski definition) is 6. The van der Waals surface area contributed by atoms with Crippen molar-refractivity contribution in [2.45, 2.75) is 18.6 Å². The van der Waals surface area contributed by atoms with Crippen LogP contribution in [0.3, 0.4) is 0 Å². The molecule has 0 spiro atoms. The van der Waals surface area contributed by atoms with Crippen LogP contribution in [0.5, 0.6) is 11.5 Å². The van der Waals surface area contributed by atoms with Crippen LogP contribution in [0.2, 0.25) is 5.02 Å². The Balaban J connectivity index is 1.18. The van der Waals surface area contributed by atoms with Gasteiger partial charge < -0.3 is 19.7 Å². The Bertz CT molecular complexity index is 1120. The summed E-state index contributed by atoms with van der Waals surface area (Å²) in [5.41, 5.74) is 1.69. The maximum atomic E-state index is 13.0. The van der Waals surface area contributed by atoms with E-state index in [-0.39, 0.29) is 18.1 Å². The second-order valence-electron chi connectivity index (χ2n) is 8.95. The van der Waals surface area contributed by atoms with Gasteiger partial charge >= 0.3 is 5.97 Å². The number of ether oxygens (including phenoxy) is 2. The molecule has 2 saturated heterocycles. The van der Waals surface area contributed by atoms with E-state index in [0.29, 0.717) is 11.3 Å². The number of esters is 1. The van der Waals surface area contributed by atoms with Crippen LogP contribution in [0, 0.1) is 0 Å². The summed E-state index contributed by atoms with van der Waals surface area (Å²) in [6.07, 6.45) is 0.668. The van der Waals surface area contributed by atoms with Crippen LogP contribution in [-0.2, 0) is 4.74 Å². The van der Waals surface area contributed by atoms with Crippen molar-refractivity contribution in [1.29, 1.82) is 0 Å². The minimum Gasteiger partial charge on any atom is -0.457 e. The zero-order chi connectivity index (χ0) is 24.0. The lowest BCUT2D eigenvalue weighted by Gasteiger charge is -2.44. The Morgan fingerprint density at radius 2 is 1.63 bits per heavy atom. The topological polar surface area (TPSA) is 54.0 Å². The molecule has 0 amide bonds. The molecule has 3 aromatic rings. The molecule has 6 nitrogen and oxygen atoms in total. The molecular weight excluding hydrogens is 462 g/mol. The van der Waals surface area contributed by atoms with Crippen molar-refractivity contribution >= 4 is 23.3 Å². The Labute approximate surface area is 211 Å². The zero-order valence-electron chi connectivity index (χ0n) is 19.6. The van der Waals surface area contributed by atoms with Gasteiger partial charge in [-0.15, -0.1) is 0 Å². The molecule has 2 aliphatic rings. The lowest BCUT2D eigenvalue weighted by molar-refractivity contribution is -0.0141. The minimum atomic E-state index is -0.286. The summed E-state index contributed by atoms with van der Waals surface area (Å²) in [6.45, 7) is 5.33. The Morgan fingerprint density at radius 3 is 2.37 bits per heavy atom. The largest absolute Gasteiger partial charge is 0.457 e. The molecule has 3 aromatic carbocycles. The number of anilines is 1. The summed E-state index contributed by atoms with van der Waals surface area (Å²) in [7, 11) is 0. The Hall–Kier alpha value is -3.06. The standard InChI is InChI=1S/C28H30ClN3O3/c29-22-5-4-6-23(19-22)31-15-17-32(18-16-31)26-20-30-14-13-27(26)35-28(33)21-9-11-25(12-10-21)34-24-7-2-1-3-8-24/h1-12,19,26-27,30H,13-18,20H2/t26?,27-/m1/s1. The van der Waals surface area contributed by atoms with Gasteiger partial charge in [0, 0.05) is 43.4 Å². The van der Waals surface area contributed by atoms with E-state index in [1.165, 1.54) is 0 Å². The fraction of sp³-hybridized carbons (Fsp3) is 0.321. The number of piperazine rings is 1. The molecule has 1 unspecified atom stereocenters. The van der Waals surface area contributed by atoms with Gasteiger partial charge in [-0.1, -0.05) is 35.9 Å². The maximum absolute atomic E-state index is 13.0. The second kappa shape index (κ2) is 11.1. The predicted octanol–water partition coefficient (Wildman–Crippen LogP) is 4.84. The molecule has 0 saturated carbocycles. The van der Waals surface area contributed by atoms with Gasteiger partial charge in [-0.3, -0.25) is 4.90 Å². The summed E-state index contributed by atoms with van der Waals surface area (Å²) in [4.78, 5) is 17.8. The van der Waals surface area contributed by atoms with E-state index in [1.54, 1.807) is 24.3 Å². The van der Waals surface area contributed by atoms with Crippen LogP contribution in [0.1, 0.15) is 16.8 Å². The molecule has 0 aliphatic carbocycles. The third-order valence-electron chi connectivity index (χ3n) is 6.67. The van der Waals surface area contributed by atoms with Gasteiger partial charge in [0.2, 0.25) is 0 Å². The SMILES string of the molecule is O=C(O[C@@H]1CCNCC1N1CCN(c2cccc(Cl)c2)CC1)c1ccc(Oc2ccccc2)cc1. The highest BCUT2D eigenvalue weighted by Gasteiger charge is 2.34. The summed E-state index contributed by atoms with van der Waals surface area (Å²) < 4.78 is 11.9. The van der Waals surface area contributed by atoms with Crippen molar-refractivity contribution < 1.29 is 14.3 Å². The van der Waals surface area contributed by atoms with Gasteiger partial charge in [-0.2, -0.15) is 0 Å². The molecule has 0 bridgehead atoms. The van der Waals surface area contributed by atoms with Crippen molar-refractivity contribution in [1.82, 2.24) is 10.2 Å². The Kier molecular flexibility index (Phi) is 7.52. The number of benzene rings is 3. The zero-order valence-corrected chi connectivity index (χ0v) is 20.4. The fourth-order valence-electron chi connectivity index (χ4n) is 4.79. The fourth-order valence-corrected chi connectivity index (χ4v) is 4.98. The number of carbonyl (C=O) groups is 1. The highest BCUT2D eigenvalue weighted by molar-refractivity contribution is 6.30. The van der Waals surface area contributed by atoms with Gasteiger partial charge in [-0.05, 0) is 67.6 Å². The molecule has 35 heavy (non-hydrogen) atoms. The molecule has 7 heteroatoms. The van der Waals surface area contributed by atoms with Crippen LogP contribution in [-0.4, -0.2) is 62.3 Å². The molecule has 2 heterocycles. The second-order valence-corrected chi connectivity index (χ2v) is 9.38. The van der Waals surface area contributed by atoms with E-state index >= 15 is 0 Å². The molecular formula is C28H30ClN3O3. The molecule has 2 aliphatic heterocycles. The maximum Gasteiger partial charge on any atom is 0.338 e. The number of nitrogens with zero attached hydrogens (tertiary/aromatic N) is 2. The number of carbonyl (C=O) groups excluding carboxylic acids is 1. The first-order chi connectivity index (χ1) is 17.2. The molecule has 182 valence electrons. The van der Waals surface area contributed by atoms with Crippen LogP contribution >= 0.6 is 11.6 Å². The smallest absolute Gasteiger partial charge is 0.338 e. The van der Waals surface area contributed by atoms with Gasteiger partial charge in [-0.25, -0.2) is 4.79 Å². The van der Waals surface area contributed by atoms with Crippen molar-refractivity contribution in [3.05, 3.63) is 89.4 Å². The molecule has 1 N–H and O–H groups in total. The first-order valence-corrected chi connectivity index (χ1v) is 12.5. The normalized spacial score (nSPS) is 20.9. The van der Waals surface area contributed by atoms with E-state index in [2.05, 4.69) is 21.2 Å². The van der Waals surface area contributed by atoms with Crippen LogP contribution < -0.4 is 15.0 Å². The number of piperidine rings is 1. The van der Waals surface area contributed by atoms with Gasteiger partial charge in [0.25, 0.3) is 0 Å². The lowest BCUT2D eigenvalue weighted by atomic mass is 10.0. The van der Waals surface area contributed by atoms with E-state index < -0.39 is 0 Å². The summed E-state index contributed by atoms with van der Waals surface area (Å²) >= 11 is 6.18. The first kappa shape index (κ1) is 23.7. The number of nitrogens with one attached hydrogen (secondary N) is 1. The lowest BCUT2D eigenvalue weighted by Crippen LogP contribution is -2.60. The molecule has 2 fully saturated rings. The summed E-state index contributed by atoms with van der Waals surface area (Å²) in [5, 5.41) is 4.23. The number of rotatable bonds is 6. The van der Waals surface area contributed by atoms with Gasteiger partial charge in [0.05, 0.1) is 11.6 Å². The van der Waals surface area contributed by atoms with E-state index in [0.717, 1.165) is 62.1 Å². The molecule has 5 rings (SSSR count).